The first kappa shape index (κ1) is 22.2. The van der Waals surface area contributed by atoms with E-state index in [0.29, 0.717) is 28.6 Å². The molecule has 0 aliphatic heterocycles. The fraction of sp³-hybridized carbons (Fsp3) is 0.269. The second-order valence-corrected chi connectivity index (χ2v) is 8.12. The SMILES string of the molecule is COc1ccc(OC(Oc2ccc(OC)cc2)(C(=O)C(C)(C)C)c2ccccc2)cc1. The lowest BCUT2D eigenvalue weighted by molar-refractivity contribution is -0.176. The first-order chi connectivity index (χ1) is 14.8. The van der Waals surface area contributed by atoms with Crippen LogP contribution in [0.4, 0.5) is 0 Å². The first-order valence-electron chi connectivity index (χ1n) is 10.0. The van der Waals surface area contributed by atoms with Crippen molar-refractivity contribution in [3.05, 3.63) is 84.4 Å². The zero-order chi connectivity index (χ0) is 22.5. The largest absolute Gasteiger partial charge is 0.497 e. The standard InChI is InChI=1S/C26H28O5/c1-25(2,3)24(27)26(19-9-7-6-8-10-19,30-22-15-11-20(28-4)12-16-22)31-23-17-13-21(29-5)14-18-23/h6-18H,1-5H3. The van der Waals surface area contributed by atoms with Crippen molar-refractivity contribution in [1.82, 2.24) is 0 Å². The molecule has 5 nitrogen and oxygen atoms in total. The van der Waals surface area contributed by atoms with Gasteiger partial charge in [-0.2, -0.15) is 0 Å². The zero-order valence-corrected chi connectivity index (χ0v) is 18.5. The van der Waals surface area contributed by atoms with Crippen LogP contribution in [0.25, 0.3) is 0 Å². The molecular weight excluding hydrogens is 392 g/mol. The lowest BCUT2D eigenvalue weighted by Gasteiger charge is -2.37. The molecule has 0 atom stereocenters. The Morgan fingerprint density at radius 2 is 1.00 bits per heavy atom. The molecule has 0 saturated carbocycles. The van der Waals surface area contributed by atoms with Crippen LogP contribution in [-0.4, -0.2) is 20.0 Å². The predicted octanol–water partition coefficient (Wildman–Crippen LogP) is 5.63. The Hall–Kier alpha value is -3.47. The molecule has 3 rings (SSSR count). The van der Waals surface area contributed by atoms with Crippen LogP contribution < -0.4 is 18.9 Å². The molecule has 162 valence electrons. The highest BCUT2D eigenvalue weighted by Gasteiger charge is 2.50. The summed E-state index contributed by atoms with van der Waals surface area (Å²) in [5.41, 5.74) is -0.143. The molecule has 0 aromatic heterocycles. The van der Waals surface area contributed by atoms with Crippen molar-refractivity contribution in [2.45, 2.75) is 26.6 Å². The number of benzene rings is 3. The highest BCUT2D eigenvalue weighted by molar-refractivity contribution is 5.92. The molecule has 0 radical (unpaired) electrons. The number of Topliss-reactive ketones (excluding diaryl/α,β-unsaturated/α-hetero) is 1. The summed E-state index contributed by atoms with van der Waals surface area (Å²) in [5, 5.41) is 0. The molecule has 0 saturated heterocycles. The van der Waals surface area contributed by atoms with Gasteiger partial charge in [0.25, 0.3) is 0 Å². The molecule has 0 heterocycles. The monoisotopic (exact) mass is 420 g/mol. The van der Waals surface area contributed by atoms with Crippen LogP contribution in [-0.2, 0) is 10.6 Å². The maximum Gasteiger partial charge on any atom is 0.339 e. The van der Waals surface area contributed by atoms with Gasteiger partial charge in [0.15, 0.2) is 0 Å². The number of carbonyl (C=O) groups is 1. The fourth-order valence-corrected chi connectivity index (χ4v) is 3.13. The summed E-state index contributed by atoms with van der Waals surface area (Å²) in [5.74, 6) is 0.444. The minimum absolute atomic E-state index is 0.210. The topological polar surface area (TPSA) is 54.0 Å². The molecule has 0 aliphatic carbocycles. The van der Waals surface area contributed by atoms with Crippen molar-refractivity contribution >= 4 is 5.78 Å². The molecule has 0 aliphatic rings. The Bertz CT molecular complexity index is 937. The van der Waals surface area contributed by atoms with E-state index in [0.717, 1.165) is 0 Å². The third-order valence-corrected chi connectivity index (χ3v) is 4.78. The highest BCUT2D eigenvalue weighted by atomic mass is 16.7. The minimum Gasteiger partial charge on any atom is -0.497 e. The third kappa shape index (κ3) is 5.00. The van der Waals surface area contributed by atoms with Crippen molar-refractivity contribution < 1.29 is 23.7 Å². The lowest BCUT2D eigenvalue weighted by atomic mass is 9.82. The number of carbonyl (C=O) groups excluding carboxylic acids is 1. The average molecular weight is 421 g/mol. The summed E-state index contributed by atoms with van der Waals surface area (Å²) >= 11 is 0. The van der Waals surface area contributed by atoms with Crippen LogP contribution >= 0.6 is 0 Å². The molecule has 5 heteroatoms. The van der Waals surface area contributed by atoms with Gasteiger partial charge in [0.05, 0.1) is 14.2 Å². The van der Waals surface area contributed by atoms with Crippen LogP contribution in [0.3, 0.4) is 0 Å². The fourth-order valence-electron chi connectivity index (χ4n) is 3.13. The van der Waals surface area contributed by atoms with E-state index in [1.165, 1.54) is 0 Å². The van der Waals surface area contributed by atoms with Crippen LogP contribution in [0.5, 0.6) is 23.0 Å². The smallest absolute Gasteiger partial charge is 0.339 e. The summed E-state index contributed by atoms with van der Waals surface area (Å²) in [4.78, 5) is 13.8. The van der Waals surface area contributed by atoms with Crippen LogP contribution in [0, 0.1) is 5.41 Å². The molecule has 0 spiro atoms. The van der Waals surface area contributed by atoms with Gasteiger partial charge in [-0.05, 0) is 48.5 Å². The number of methoxy groups -OCH3 is 2. The minimum atomic E-state index is -1.69. The van der Waals surface area contributed by atoms with Gasteiger partial charge < -0.3 is 18.9 Å². The Morgan fingerprint density at radius 1 is 0.613 bits per heavy atom. The van der Waals surface area contributed by atoms with E-state index in [4.69, 9.17) is 18.9 Å². The third-order valence-electron chi connectivity index (χ3n) is 4.78. The van der Waals surface area contributed by atoms with E-state index in [1.807, 2.05) is 51.1 Å². The number of hydrogen-bond donors (Lipinski definition) is 0. The van der Waals surface area contributed by atoms with Crippen molar-refractivity contribution in [2.75, 3.05) is 14.2 Å². The molecule has 31 heavy (non-hydrogen) atoms. The predicted molar refractivity (Wildman–Crippen MR) is 120 cm³/mol. The number of ketones is 1. The molecule has 0 fully saturated rings. The maximum absolute atomic E-state index is 13.8. The molecule has 3 aromatic rings. The van der Waals surface area contributed by atoms with E-state index in [9.17, 15) is 4.79 Å². The molecular formula is C26H28O5. The Morgan fingerprint density at radius 3 is 1.35 bits per heavy atom. The summed E-state index contributed by atoms with van der Waals surface area (Å²) in [6.45, 7) is 5.55. The summed E-state index contributed by atoms with van der Waals surface area (Å²) in [6, 6.07) is 23.4. The number of rotatable bonds is 8. The number of hydrogen-bond acceptors (Lipinski definition) is 5. The number of ether oxygens (including phenoxy) is 4. The molecule has 0 bridgehead atoms. The Balaban J connectivity index is 2.14. The van der Waals surface area contributed by atoms with Crippen molar-refractivity contribution in [1.29, 1.82) is 0 Å². The molecule has 3 aromatic carbocycles. The van der Waals surface area contributed by atoms with Gasteiger partial charge in [0, 0.05) is 11.0 Å². The van der Waals surface area contributed by atoms with Gasteiger partial charge in [-0.3, -0.25) is 4.79 Å². The van der Waals surface area contributed by atoms with Gasteiger partial charge in [-0.25, -0.2) is 0 Å². The lowest BCUT2D eigenvalue weighted by Crippen LogP contribution is -2.52. The van der Waals surface area contributed by atoms with Gasteiger partial charge in [-0.15, -0.1) is 0 Å². The summed E-state index contributed by atoms with van der Waals surface area (Å²) < 4.78 is 23.2. The van der Waals surface area contributed by atoms with Gasteiger partial charge in [0.2, 0.25) is 5.78 Å². The second kappa shape index (κ2) is 9.13. The quantitative estimate of drug-likeness (QED) is 0.442. The zero-order valence-electron chi connectivity index (χ0n) is 18.5. The Labute approximate surface area is 183 Å². The van der Waals surface area contributed by atoms with E-state index in [2.05, 4.69) is 0 Å². The van der Waals surface area contributed by atoms with Gasteiger partial charge in [0.1, 0.15) is 23.0 Å². The van der Waals surface area contributed by atoms with Gasteiger partial charge in [-0.1, -0.05) is 51.1 Å². The van der Waals surface area contributed by atoms with E-state index < -0.39 is 11.2 Å². The van der Waals surface area contributed by atoms with Gasteiger partial charge >= 0.3 is 5.79 Å². The van der Waals surface area contributed by atoms with E-state index >= 15 is 0 Å². The van der Waals surface area contributed by atoms with Crippen LogP contribution in [0.2, 0.25) is 0 Å². The van der Waals surface area contributed by atoms with Crippen molar-refractivity contribution in [2.24, 2.45) is 5.41 Å². The first-order valence-corrected chi connectivity index (χ1v) is 10.0. The van der Waals surface area contributed by atoms with Crippen LogP contribution in [0.1, 0.15) is 26.3 Å². The van der Waals surface area contributed by atoms with E-state index in [1.54, 1.807) is 62.8 Å². The van der Waals surface area contributed by atoms with E-state index in [-0.39, 0.29) is 5.78 Å². The average Bonchev–Trinajstić information content (AvgIpc) is 2.79. The summed E-state index contributed by atoms with van der Waals surface area (Å²) in [6.07, 6.45) is 0. The normalized spacial score (nSPS) is 11.5. The molecule has 0 unspecified atom stereocenters. The second-order valence-electron chi connectivity index (χ2n) is 8.12. The summed E-state index contributed by atoms with van der Waals surface area (Å²) in [7, 11) is 3.19. The van der Waals surface area contributed by atoms with Crippen molar-refractivity contribution in [3.63, 3.8) is 0 Å². The van der Waals surface area contributed by atoms with Crippen molar-refractivity contribution in [3.8, 4) is 23.0 Å². The highest BCUT2D eigenvalue weighted by Crippen LogP contribution is 2.38. The Kier molecular flexibility index (Phi) is 6.54. The maximum atomic E-state index is 13.8. The molecule has 0 amide bonds. The molecule has 0 N–H and O–H groups in total. The van der Waals surface area contributed by atoms with Crippen LogP contribution in [0.15, 0.2) is 78.9 Å².